The van der Waals surface area contributed by atoms with Gasteiger partial charge in [-0.05, 0) is 37.6 Å². The van der Waals surface area contributed by atoms with Gasteiger partial charge in [-0.1, -0.05) is 30.7 Å². The van der Waals surface area contributed by atoms with Gasteiger partial charge in [-0.3, -0.25) is 0 Å². The summed E-state index contributed by atoms with van der Waals surface area (Å²) in [4.78, 5) is 0. The molecule has 1 aromatic rings. The van der Waals surface area contributed by atoms with E-state index < -0.39 is 0 Å². The Balaban J connectivity index is 3.05. The minimum atomic E-state index is 0.415. The Morgan fingerprint density at radius 3 is 2.69 bits per heavy atom. The maximum Gasteiger partial charge on any atom is 0.0438 e. The molecule has 0 saturated carbocycles. The second-order valence-electron chi connectivity index (χ2n) is 3.20. The normalized spacial score (nSPS) is 12.9. The van der Waals surface area contributed by atoms with Crippen LogP contribution in [0.2, 0.25) is 5.02 Å². The van der Waals surface area contributed by atoms with Gasteiger partial charge in [0.25, 0.3) is 0 Å². The zero-order valence-corrected chi connectivity index (χ0v) is 9.15. The molecule has 0 bridgehead atoms. The van der Waals surface area contributed by atoms with Crippen molar-refractivity contribution in [2.75, 3.05) is 7.05 Å². The maximum absolute atomic E-state index is 6.04. The van der Waals surface area contributed by atoms with Gasteiger partial charge in [0.05, 0.1) is 0 Å². The van der Waals surface area contributed by atoms with Crippen LogP contribution in [0.4, 0.5) is 0 Å². The molecule has 1 unspecified atom stereocenters. The molecule has 1 nitrogen and oxygen atoms in total. The predicted molar refractivity (Wildman–Crippen MR) is 58.3 cm³/mol. The third-order valence-corrected chi connectivity index (χ3v) is 2.85. The van der Waals surface area contributed by atoms with Gasteiger partial charge in [0, 0.05) is 11.1 Å². The van der Waals surface area contributed by atoms with Gasteiger partial charge in [-0.2, -0.15) is 0 Å². The Morgan fingerprint density at radius 1 is 1.46 bits per heavy atom. The number of benzene rings is 1. The first-order valence-corrected chi connectivity index (χ1v) is 5.00. The molecular formula is C11H16ClN. The number of hydrogen-bond donors (Lipinski definition) is 1. The van der Waals surface area contributed by atoms with Crippen molar-refractivity contribution >= 4 is 11.6 Å². The van der Waals surface area contributed by atoms with Gasteiger partial charge in [0.15, 0.2) is 0 Å². The van der Waals surface area contributed by atoms with Crippen LogP contribution in [0, 0.1) is 6.92 Å². The number of halogens is 1. The van der Waals surface area contributed by atoms with Crippen LogP contribution < -0.4 is 5.32 Å². The smallest absolute Gasteiger partial charge is 0.0438 e. The van der Waals surface area contributed by atoms with Gasteiger partial charge >= 0.3 is 0 Å². The summed E-state index contributed by atoms with van der Waals surface area (Å²) in [5, 5.41) is 4.13. The van der Waals surface area contributed by atoms with Crippen molar-refractivity contribution < 1.29 is 0 Å². The van der Waals surface area contributed by atoms with Crippen LogP contribution in [0.3, 0.4) is 0 Å². The van der Waals surface area contributed by atoms with Gasteiger partial charge in [0.2, 0.25) is 0 Å². The van der Waals surface area contributed by atoms with E-state index >= 15 is 0 Å². The van der Waals surface area contributed by atoms with E-state index in [9.17, 15) is 0 Å². The van der Waals surface area contributed by atoms with Crippen LogP contribution in [0.5, 0.6) is 0 Å². The lowest BCUT2D eigenvalue weighted by molar-refractivity contribution is 0.574. The number of rotatable bonds is 3. The molecule has 1 N–H and O–H groups in total. The molecule has 0 heterocycles. The maximum atomic E-state index is 6.04. The summed E-state index contributed by atoms with van der Waals surface area (Å²) >= 11 is 6.04. The van der Waals surface area contributed by atoms with Crippen molar-refractivity contribution in [2.45, 2.75) is 26.3 Å². The van der Waals surface area contributed by atoms with Crippen molar-refractivity contribution in [1.29, 1.82) is 0 Å². The quantitative estimate of drug-likeness (QED) is 0.784. The predicted octanol–water partition coefficient (Wildman–Crippen LogP) is 3.32. The van der Waals surface area contributed by atoms with Crippen LogP contribution >= 0.6 is 11.6 Å². The summed E-state index contributed by atoms with van der Waals surface area (Å²) < 4.78 is 0. The van der Waals surface area contributed by atoms with E-state index in [1.807, 2.05) is 19.2 Å². The fraction of sp³-hybridized carbons (Fsp3) is 0.455. The van der Waals surface area contributed by atoms with Gasteiger partial charge < -0.3 is 5.32 Å². The highest BCUT2D eigenvalue weighted by atomic mass is 35.5. The standard InChI is InChI=1S/C11H16ClN/c1-4-11(13-3)9-6-5-7-10(12)8(9)2/h5-7,11,13H,4H2,1-3H3. The van der Waals surface area contributed by atoms with Gasteiger partial charge in [-0.15, -0.1) is 0 Å². The molecule has 1 atom stereocenters. The van der Waals surface area contributed by atoms with Crippen molar-refractivity contribution in [3.05, 3.63) is 34.3 Å². The molecule has 0 spiro atoms. The lowest BCUT2D eigenvalue weighted by Gasteiger charge is -2.17. The average molecular weight is 198 g/mol. The van der Waals surface area contributed by atoms with E-state index in [1.165, 1.54) is 11.1 Å². The molecule has 1 rings (SSSR count). The average Bonchev–Trinajstić information content (AvgIpc) is 2.14. The molecule has 0 saturated heterocycles. The lowest BCUT2D eigenvalue weighted by atomic mass is 10.00. The first-order chi connectivity index (χ1) is 6.20. The molecule has 13 heavy (non-hydrogen) atoms. The zero-order valence-electron chi connectivity index (χ0n) is 8.39. The summed E-state index contributed by atoms with van der Waals surface area (Å²) in [5.41, 5.74) is 2.49. The fourth-order valence-electron chi connectivity index (χ4n) is 1.58. The van der Waals surface area contributed by atoms with E-state index in [2.05, 4.69) is 25.2 Å². The molecular weight excluding hydrogens is 182 g/mol. The van der Waals surface area contributed by atoms with E-state index in [4.69, 9.17) is 11.6 Å². The van der Waals surface area contributed by atoms with E-state index in [1.54, 1.807) is 0 Å². The molecule has 0 fully saturated rings. The Hall–Kier alpha value is -0.530. The second-order valence-corrected chi connectivity index (χ2v) is 3.61. The summed E-state index contributed by atoms with van der Waals surface area (Å²) in [7, 11) is 1.98. The lowest BCUT2D eigenvalue weighted by Crippen LogP contribution is -2.16. The molecule has 0 radical (unpaired) electrons. The second kappa shape index (κ2) is 4.64. The first kappa shape index (κ1) is 10.6. The molecule has 0 amide bonds. The topological polar surface area (TPSA) is 12.0 Å². The van der Waals surface area contributed by atoms with Crippen molar-refractivity contribution in [2.24, 2.45) is 0 Å². The summed E-state index contributed by atoms with van der Waals surface area (Å²) in [6.07, 6.45) is 1.08. The molecule has 0 aromatic heterocycles. The Morgan fingerprint density at radius 2 is 2.15 bits per heavy atom. The van der Waals surface area contributed by atoms with Crippen molar-refractivity contribution in [3.63, 3.8) is 0 Å². The van der Waals surface area contributed by atoms with Crippen LogP contribution in [-0.4, -0.2) is 7.05 Å². The first-order valence-electron chi connectivity index (χ1n) is 4.63. The summed E-state index contributed by atoms with van der Waals surface area (Å²) in [6.45, 7) is 4.24. The third-order valence-electron chi connectivity index (χ3n) is 2.44. The van der Waals surface area contributed by atoms with Crippen molar-refractivity contribution in [3.8, 4) is 0 Å². The Kier molecular flexibility index (Phi) is 3.76. The molecule has 0 aliphatic heterocycles. The van der Waals surface area contributed by atoms with Crippen LogP contribution in [0.15, 0.2) is 18.2 Å². The fourth-order valence-corrected chi connectivity index (χ4v) is 1.76. The van der Waals surface area contributed by atoms with E-state index in [0.29, 0.717) is 6.04 Å². The van der Waals surface area contributed by atoms with Crippen LogP contribution in [0.25, 0.3) is 0 Å². The van der Waals surface area contributed by atoms with E-state index in [-0.39, 0.29) is 0 Å². The summed E-state index contributed by atoms with van der Waals surface area (Å²) in [6, 6.07) is 6.48. The van der Waals surface area contributed by atoms with Crippen molar-refractivity contribution in [1.82, 2.24) is 5.32 Å². The number of hydrogen-bond acceptors (Lipinski definition) is 1. The minimum Gasteiger partial charge on any atom is -0.313 e. The molecule has 0 aliphatic rings. The Labute approximate surface area is 85.1 Å². The van der Waals surface area contributed by atoms with Crippen LogP contribution in [-0.2, 0) is 0 Å². The zero-order chi connectivity index (χ0) is 9.84. The highest BCUT2D eigenvalue weighted by Crippen LogP contribution is 2.25. The highest BCUT2D eigenvalue weighted by Gasteiger charge is 2.10. The molecule has 2 heteroatoms. The monoisotopic (exact) mass is 197 g/mol. The highest BCUT2D eigenvalue weighted by molar-refractivity contribution is 6.31. The third kappa shape index (κ3) is 2.23. The largest absolute Gasteiger partial charge is 0.313 e. The van der Waals surface area contributed by atoms with Crippen LogP contribution in [0.1, 0.15) is 30.5 Å². The van der Waals surface area contributed by atoms with Gasteiger partial charge in [0.1, 0.15) is 0 Å². The molecule has 0 aliphatic carbocycles. The number of nitrogens with one attached hydrogen (secondary N) is 1. The Bertz CT molecular complexity index is 279. The summed E-state index contributed by atoms with van der Waals surface area (Å²) in [5.74, 6) is 0. The molecule has 72 valence electrons. The van der Waals surface area contributed by atoms with Gasteiger partial charge in [-0.25, -0.2) is 0 Å². The van der Waals surface area contributed by atoms with E-state index in [0.717, 1.165) is 11.4 Å². The minimum absolute atomic E-state index is 0.415. The SMILES string of the molecule is CCC(NC)c1cccc(Cl)c1C. The molecule has 1 aromatic carbocycles.